The Morgan fingerprint density at radius 3 is 2.25 bits per heavy atom. The summed E-state index contributed by atoms with van der Waals surface area (Å²) in [6, 6.07) is 14.0. The van der Waals surface area contributed by atoms with E-state index >= 15 is 0 Å². The smallest absolute Gasteiger partial charge is 0.259 e. The van der Waals surface area contributed by atoms with Gasteiger partial charge >= 0.3 is 0 Å². The Morgan fingerprint density at radius 2 is 1.58 bits per heavy atom. The summed E-state index contributed by atoms with van der Waals surface area (Å²) >= 11 is 0. The van der Waals surface area contributed by atoms with Crippen LogP contribution in [0.2, 0.25) is 0 Å². The molecule has 2 rings (SSSR count). The maximum Gasteiger partial charge on any atom is 0.259 e. The lowest BCUT2D eigenvalue weighted by molar-refractivity contribution is 0.0944. The number of anilines is 1. The Labute approximate surface area is 142 Å². The van der Waals surface area contributed by atoms with Crippen molar-refractivity contribution in [2.75, 3.05) is 11.9 Å². The monoisotopic (exact) mass is 326 g/mol. The predicted octanol–water partition coefficient (Wildman–Crippen LogP) is 3.48. The number of hydrogen-bond acceptors (Lipinski definition) is 3. The third-order valence-electron chi connectivity index (χ3n) is 3.27. The molecule has 0 spiro atoms. The van der Waals surface area contributed by atoms with Gasteiger partial charge < -0.3 is 15.4 Å². The number of carbonyl (C=O) groups excluding carboxylic acids is 2. The molecule has 0 aromatic heterocycles. The van der Waals surface area contributed by atoms with E-state index in [-0.39, 0.29) is 17.9 Å². The van der Waals surface area contributed by atoms with Crippen LogP contribution in [0.25, 0.3) is 0 Å². The minimum absolute atomic E-state index is 0.0138. The van der Waals surface area contributed by atoms with E-state index in [0.717, 1.165) is 0 Å². The number of amides is 2. The van der Waals surface area contributed by atoms with Crippen molar-refractivity contribution in [1.29, 1.82) is 0 Å². The summed E-state index contributed by atoms with van der Waals surface area (Å²) in [6.45, 7) is 6.10. The van der Waals surface area contributed by atoms with Crippen molar-refractivity contribution in [3.05, 3.63) is 59.7 Å². The molecule has 0 bridgehead atoms. The van der Waals surface area contributed by atoms with Crippen LogP contribution in [0.5, 0.6) is 5.75 Å². The van der Waals surface area contributed by atoms with Gasteiger partial charge in [-0.05, 0) is 45.0 Å². The summed E-state index contributed by atoms with van der Waals surface area (Å²) in [7, 11) is 0. The van der Waals surface area contributed by atoms with Gasteiger partial charge in [0.15, 0.2) is 0 Å². The minimum atomic E-state index is -0.316. The van der Waals surface area contributed by atoms with Crippen LogP contribution in [0.3, 0.4) is 0 Å². The van der Waals surface area contributed by atoms with Crippen molar-refractivity contribution in [3.8, 4) is 5.75 Å². The average molecular weight is 326 g/mol. The van der Waals surface area contributed by atoms with Crippen LogP contribution in [0, 0.1) is 0 Å². The van der Waals surface area contributed by atoms with E-state index in [2.05, 4.69) is 10.6 Å². The first-order valence-electron chi connectivity index (χ1n) is 7.96. The van der Waals surface area contributed by atoms with Crippen molar-refractivity contribution < 1.29 is 14.3 Å². The fourth-order valence-corrected chi connectivity index (χ4v) is 2.26. The molecule has 2 aromatic carbocycles. The number of para-hydroxylation sites is 2. The fraction of sp³-hybridized carbons (Fsp3) is 0.263. The molecule has 24 heavy (non-hydrogen) atoms. The largest absolute Gasteiger partial charge is 0.493 e. The number of ether oxygens (including phenoxy) is 1. The van der Waals surface area contributed by atoms with Crippen LogP contribution < -0.4 is 15.4 Å². The molecule has 5 heteroatoms. The Balaban J connectivity index is 2.26. The molecule has 0 atom stereocenters. The van der Waals surface area contributed by atoms with Gasteiger partial charge in [-0.15, -0.1) is 0 Å². The van der Waals surface area contributed by atoms with E-state index in [9.17, 15) is 9.59 Å². The summed E-state index contributed by atoms with van der Waals surface area (Å²) in [5, 5.41) is 5.63. The highest BCUT2D eigenvalue weighted by Gasteiger charge is 2.16. The van der Waals surface area contributed by atoms with E-state index in [1.54, 1.807) is 42.5 Å². The van der Waals surface area contributed by atoms with Crippen molar-refractivity contribution in [1.82, 2.24) is 5.32 Å². The molecule has 2 amide bonds. The fourth-order valence-electron chi connectivity index (χ4n) is 2.26. The zero-order valence-corrected chi connectivity index (χ0v) is 14.1. The molecule has 0 radical (unpaired) electrons. The zero-order valence-electron chi connectivity index (χ0n) is 14.1. The summed E-state index contributed by atoms with van der Waals surface area (Å²) in [5.41, 5.74) is 1.32. The highest BCUT2D eigenvalue weighted by atomic mass is 16.5. The van der Waals surface area contributed by atoms with Crippen molar-refractivity contribution in [2.24, 2.45) is 0 Å². The van der Waals surface area contributed by atoms with Gasteiger partial charge in [0, 0.05) is 6.04 Å². The summed E-state index contributed by atoms with van der Waals surface area (Å²) in [5.74, 6) is -0.0237. The zero-order chi connectivity index (χ0) is 17.5. The van der Waals surface area contributed by atoms with E-state index < -0.39 is 0 Å². The Morgan fingerprint density at radius 1 is 0.958 bits per heavy atom. The van der Waals surface area contributed by atoms with Gasteiger partial charge in [0.25, 0.3) is 11.8 Å². The van der Waals surface area contributed by atoms with Crippen LogP contribution >= 0.6 is 0 Å². The quantitative estimate of drug-likeness (QED) is 0.854. The van der Waals surface area contributed by atoms with E-state index in [1.165, 1.54) is 0 Å². The molecular weight excluding hydrogens is 304 g/mol. The third kappa shape index (κ3) is 4.35. The number of benzene rings is 2. The molecule has 126 valence electrons. The second-order valence-electron chi connectivity index (χ2n) is 5.56. The topological polar surface area (TPSA) is 67.4 Å². The van der Waals surface area contributed by atoms with Gasteiger partial charge in [-0.25, -0.2) is 0 Å². The van der Waals surface area contributed by atoms with E-state index in [0.29, 0.717) is 29.2 Å². The van der Waals surface area contributed by atoms with Crippen LogP contribution in [0.1, 0.15) is 41.5 Å². The lowest BCUT2D eigenvalue weighted by Gasteiger charge is -2.14. The summed E-state index contributed by atoms with van der Waals surface area (Å²) < 4.78 is 5.49. The number of nitrogens with one attached hydrogen (secondary N) is 2. The maximum absolute atomic E-state index is 12.6. The third-order valence-corrected chi connectivity index (χ3v) is 3.27. The van der Waals surface area contributed by atoms with Gasteiger partial charge in [-0.2, -0.15) is 0 Å². The molecule has 0 unspecified atom stereocenters. The number of hydrogen-bond donors (Lipinski definition) is 2. The summed E-state index contributed by atoms with van der Waals surface area (Å²) in [4.78, 5) is 24.9. The van der Waals surface area contributed by atoms with Gasteiger partial charge in [0.2, 0.25) is 0 Å². The minimum Gasteiger partial charge on any atom is -0.493 e. The highest BCUT2D eigenvalue weighted by molar-refractivity contribution is 6.10. The molecule has 0 fully saturated rings. The molecule has 0 aliphatic heterocycles. The second-order valence-corrected chi connectivity index (χ2v) is 5.56. The second kappa shape index (κ2) is 8.15. The maximum atomic E-state index is 12.6. The standard InChI is InChI=1S/C19H22N2O3/c1-4-24-17-12-8-6-10-15(17)19(23)21-16-11-7-5-9-14(16)18(22)20-13(2)3/h5-13H,4H2,1-3H3,(H,20,22)(H,21,23). The van der Waals surface area contributed by atoms with E-state index in [1.807, 2.05) is 26.8 Å². The SMILES string of the molecule is CCOc1ccccc1C(=O)Nc1ccccc1C(=O)NC(C)C. The first-order chi connectivity index (χ1) is 11.5. The van der Waals surface area contributed by atoms with Gasteiger partial charge in [0.05, 0.1) is 23.4 Å². The number of rotatable bonds is 6. The van der Waals surface area contributed by atoms with Crippen LogP contribution in [-0.4, -0.2) is 24.5 Å². The normalized spacial score (nSPS) is 10.3. The van der Waals surface area contributed by atoms with Crippen molar-refractivity contribution in [3.63, 3.8) is 0 Å². The molecule has 0 aliphatic rings. The molecule has 0 saturated heterocycles. The molecular formula is C19H22N2O3. The molecule has 0 saturated carbocycles. The van der Waals surface area contributed by atoms with Crippen LogP contribution in [0.15, 0.2) is 48.5 Å². The molecule has 2 N–H and O–H groups in total. The van der Waals surface area contributed by atoms with Gasteiger partial charge in [0.1, 0.15) is 5.75 Å². The first kappa shape index (κ1) is 17.5. The summed E-state index contributed by atoms with van der Waals surface area (Å²) in [6.07, 6.45) is 0. The van der Waals surface area contributed by atoms with Gasteiger partial charge in [-0.1, -0.05) is 24.3 Å². The predicted molar refractivity (Wildman–Crippen MR) is 94.6 cm³/mol. The molecule has 2 aromatic rings. The Kier molecular flexibility index (Phi) is 5.95. The molecule has 0 heterocycles. The van der Waals surface area contributed by atoms with Gasteiger partial charge in [-0.3, -0.25) is 9.59 Å². The van der Waals surface area contributed by atoms with Crippen molar-refractivity contribution in [2.45, 2.75) is 26.8 Å². The first-order valence-corrected chi connectivity index (χ1v) is 7.96. The lowest BCUT2D eigenvalue weighted by atomic mass is 10.1. The van der Waals surface area contributed by atoms with E-state index in [4.69, 9.17) is 4.74 Å². The highest BCUT2D eigenvalue weighted by Crippen LogP contribution is 2.21. The Bertz CT molecular complexity index is 726. The van der Waals surface area contributed by atoms with Crippen LogP contribution in [-0.2, 0) is 0 Å². The molecule has 0 aliphatic carbocycles. The van der Waals surface area contributed by atoms with Crippen molar-refractivity contribution >= 4 is 17.5 Å². The Hall–Kier alpha value is -2.82. The number of carbonyl (C=O) groups is 2. The van der Waals surface area contributed by atoms with Crippen LogP contribution in [0.4, 0.5) is 5.69 Å². The molecule has 5 nitrogen and oxygen atoms in total. The lowest BCUT2D eigenvalue weighted by Crippen LogP contribution is -2.31. The average Bonchev–Trinajstić information content (AvgIpc) is 2.55.